The summed E-state index contributed by atoms with van der Waals surface area (Å²) >= 11 is 0. The third-order valence-corrected chi connectivity index (χ3v) is 14.4. The Morgan fingerprint density at radius 2 is 0.727 bits per heavy atom. The molecule has 3 nitrogen and oxygen atoms in total. The third-order valence-electron chi connectivity index (χ3n) is 14.4. The van der Waals surface area contributed by atoms with E-state index < -0.39 is 0 Å². The van der Waals surface area contributed by atoms with Gasteiger partial charge >= 0.3 is 0 Å². The van der Waals surface area contributed by atoms with Gasteiger partial charge in [-0.3, -0.25) is 0 Å². The van der Waals surface area contributed by atoms with E-state index in [1.54, 1.807) is 7.11 Å². The molecule has 0 spiro atoms. The molecule has 0 saturated carbocycles. The van der Waals surface area contributed by atoms with Gasteiger partial charge in [0.15, 0.2) is 0 Å². The molecular weight excluding hydrogens is 801 g/mol. The second-order valence-corrected chi connectivity index (χ2v) is 19.1. The van der Waals surface area contributed by atoms with Gasteiger partial charge in [-0.2, -0.15) is 0 Å². The fourth-order valence-electron chi connectivity index (χ4n) is 10.8. The summed E-state index contributed by atoms with van der Waals surface area (Å²) in [6.45, 7) is 13.9. The summed E-state index contributed by atoms with van der Waals surface area (Å²) in [7, 11) is 1.72. The Bertz CT molecular complexity index is 3310. The molecule has 0 aromatic heterocycles. The zero-order chi connectivity index (χ0) is 45.3. The fraction of sp³-hybridized carbons (Fsp3) is 0.143. The van der Waals surface area contributed by atoms with E-state index in [0.717, 1.165) is 39.7 Å². The second-order valence-electron chi connectivity index (χ2n) is 19.1. The lowest BCUT2D eigenvalue weighted by Crippen LogP contribution is -2.17. The lowest BCUT2D eigenvalue weighted by molar-refractivity contribution is 0.414. The SMILES string of the molecule is COc1ccc(N(c2ccccc2)c2ccc3c(c2)C(C)(C)c2cc(-c4ccc5c(c4)C(C)(C)c4cc(-c6ccc(N(c7ccccc7)c7ccccc7C)cc6)ccc4-5)ccc2-3)c(C)c1. The lowest BCUT2D eigenvalue weighted by Gasteiger charge is -2.29. The summed E-state index contributed by atoms with van der Waals surface area (Å²) in [4.78, 5) is 4.72. The van der Waals surface area contributed by atoms with Gasteiger partial charge in [-0.15, -0.1) is 0 Å². The van der Waals surface area contributed by atoms with E-state index in [9.17, 15) is 0 Å². The largest absolute Gasteiger partial charge is 0.497 e. The van der Waals surface area contributed by atoms with Crippen LogP contribution in [0.1, 0.15) is 61.1 Å². The van der Waals surface area contributed by atoms with Crippen molar-refractivity contribution in [3.8, 4) is 50.3 Å². The number of benzene rings is 9. The van der Waals surface area contributed by atoms with Crippen LogP contribution in [0.3, 0.4) is 0 Å². The predicted molar refractivity (Wildman–Crippen MR) is 278 cm³/mol. The zero-order valence-corrected chi connectivity index (χ0v) is 38.9. The molecule has 0 N–H and O–H groups in total. The Labute approximate surface area is 390 Å². The summed E-state index contributed by atoms with van der Waals surface area (Å²) in [5, 5.41) is 0. The standard InChI is InChI=1S/C63H54N2O/c1-41-16-14-15-21-60(41)64(47-17-10-8-11-18-47)49-27-22-43(23-28-49)44-24-31-52-53-32-25-45(38-57(53)62(3,4)56(52)37-44)46-26-33-54-55-34-29-50(40-59(55)63(5,6)58(54)39-46)65(48-19-12-9-13-20-48)61-35-30-51(66-7)36-42(61)2/h8-40H,1-7H3. The molecule has 0 bridgehead atoms. The van der Waals surface area contributed by atoms with E-state index in [2.05, 4.69) is 252 Å². The van der Waals surface area contributed by atoms with Crippen molar-refractivity contribution in [1.29, 1.82) is 0 Å². The minimum Gasteiger partial charge on any atom is -0.497 e. The van der Waals surface area contributed by atoms with E-state index in [-0.39, 0.29) is 10.8 Å². The topological polar surface area (TPSA) is 15.7 Å². The molecule has 0 atom stereocenters. The minimum atomic E-state index is -0.199. The van der Waals surface area contributed by atoms with Gasteiger partial charge < -0.3 is 14.5 Å². The van der Waals surface area contributed by atoms with Crippen LogP contribution in [0.15, 0.2) is 200 Å². The first-order valence-electron chi connectivity index (χ1n) is 23.1. The fourth-order valence-corrected chi connectivity index (χ4v) is 10.8. The maximum absolute atomic E-state index is 5.58. The number of hydrogen-bond donors (Lipinski definition) is 0. The van der Waals surface area contributed by atoms with Gasteiger partial charge in [-0.05, 0) is 183 Å². The van der Waals surface area contributed by atoms with Crippen LogP contribution in [0.4, 0.5) is 34.1 Å². The molecular formula is C63H54N2O. The first kappa shape index (κ1) is 41.1. The number of para-hydroxylation sites is 3. The van der Waals surface area contributed by atoms with Gasteiger partial charge in [0.25, 0.3) is 0 Å². The molecule has 11 rings (SSSR count). The van der Waals surface area contributed by atoms with Gasteiger partial charge in [0.05, 0.1) is 7.11 Å². The Hall–Kier alpha value is -7.62. The molecule has 0 radical (unpaired) electrons. The molecule has 2 aliphatic rings. The first-order valence-corrected chi connectivity index (χ1v) is 23.1. The summed E-state index contributed by atoms with van der Waals surface area (Å²) in [5.41, 5.74) is 24.6. The lowest BCUT2D eigenvalue weighted by atomic mass is 9.80. The first-order chi connectivity index (χ1) is 32.0. The number of hydrogen-bond acceptors (Lipinski definition) is 3. The average Bonchev–Trinajstić information content (AvgIpc) is 3.71. The summed E-state index contributed by atoms with van der Waals surface area (Å²) < 4.78 is 5.58. The van der Waals surface area contributed by atoms with Crippen molar-refractivity contribution < 1.29 is 4.74 Å². The molecule has 2 aliphatic carbocycles. The monoisotopic (exact) mass is 854 g/mol. The van der Waals surface area contributed by atoms with Gasteiger partial charge in [0.1, 0.15) is 5.75 Å². The van der Waals surface area contributed by atoms with Crippen LogP contribution in [-0.4, -0.2) is 7.11 Å². The molecule has 9 aromatic carbocycles. The van der Waals surface area contributed by atoms with Crippen molar-refractivity contribution >= 4 is 34.1 Å². The van der Waals surface area contributed by atoms with Crippen molar-refractivity contribution in [3.63, 3.8) is 0 Å². The molecule has 0 unspecified atom stereocenters. The Kier molecular flexibility index (Phi) is 9.85. The highest BCUT2D eigenvalue weighted by Crippen LogP contribution is 2.54. The molecule has 0 amide bonds. The van der Waals surface area contributed by atoms with Gasteiger partial charge in [0, 0.05) is 45.0 Å². The molecule has 0 fully saturated rings. The minimum absolute atomic E-state index is 0.166. The zero-order valence-electron chi connectivity index (χ0n) is 38.9. The van der Waals surface area contributed by atoms with Crippen LogP contribution in [0, 0.1) is 13.8 Å². The number of nitrogens with zero attached hydrogens (tertiary/aromatic N) is 2. The van der Waals surface area contributed by atoms with Gasteiger partial charge in [0.2, 0.25) is 0 Å². The molecule has 0 aliphatic heterocycles. The Balaban J connectivity index is 0.895. The van der Waals surface area contributed by atoms with Crippen molar-refractivity contribution in [2.75, 3.05) is 16.9 Å². The van der Waals surface area contributed by atoms with Crippen molar-refractivity contribution in [1.82, 2.24) is 0 Å². The van der Waals surface area contributed by atoms with Crippen molar-refractivity contribution in [3.05, 3.63) is 234 Å². The van der Waals surface area contributed by atoms with Crippen LogP contribution in [-0.2, 0) is 10.8 Å². The van der Waals surface area contributed by atoms with Crippen LogP contribution in [0.25, 0.3) is 44.5 Å². The molecule has 3 heteroatoms. The van der Waals surface area contributed by atoms with E-state index in [1.165, 1.54) is 78.0 Å². The smallest absolute Gasteiger partial charge is 0.119 e. The van der Waals surface area contributed by atoms with Crippen molar-refractivity contribution in [2.24, 2.45) is 0 Å². The second kappa shape index (κ2) is 15.8. The number of methoxy groups -OCH3 is 1. The highest BCUT2D eigenvalue weighted by molar-refractivity contribution is 5.90. The normalized spacial score (nSPS) is 13.6. The molecule has 322 valence electrons. The maximum atomic E-state index is 5.58. The number of aryl methyl sites for hydroxylation is 2. The van der Waals surface area contributed by atoms with Crippen LogP contribution >= 0.6 is 0 Å². The number of ether oxygens (including phenoxy) is 1. The quantitative estimate of drug-likeness (QED) is 0.144. The molecule has 66 heavy (non-hydrogen) atoms. The summed E-state index contributed by atoms with van der Waals surface area (Å²) in [6.07, 6.45) is 0. The van der Waals surface area contributed by atoms with Crippen molar-refractivity contribution in [2.45, 2.75) is 52.4 Å². The summed E-state index contributed by atoms with van der Waals surface area (Å²) in [5.74, 6) is 0.861. The predicted octanol–water partition coefficient (Wildman–Crippen LogP) is 17.2. The highest BCUT2D eigenvalue weighted by atomic mass is 16.5. The van der Waals surface area contributed by atoms with E-state index in [1.807, 2.05) is 0 Å². The molecule has 0 saturated heterocycles. The van der Waals surface area contributed by atoms with Gasteiger partial charge in [-0.25, -0.2) is 0 Å². The van der Waals surface area contributed by atoms with E-state index in [0.29, 0.717) is 0 Å². The maximum Gasteiger partial charge on any atom is 0.119 e. The Morgan fingerprint density at radius 3 is 1.23 bits per heavy atom. The third kappa shape index (κ3) is 6.72. The van der Waals surface area contributed by atoms with Crippen LogP contribution in [0.5, 0.6) is 5.75 Å². The number of rotatable bonds is 9. The van der Waals surface area contributed by atoms with Crippen LogP contribution < -0.4 is 14.5 Å². The Morgan fingerprint density at radius 1 is 0.333 bits per heavy atom. The molecule has 0 heterocycles. The summed E-state index contributed by atoms with van der Waals surface area (Å²) in [6, 6.07) is 73.7. The van der Waals surface area contributed by atoms with E-state index >= 15 is 0 Å². The van der Waals surface area contributed by atoms with E-state index in [4.69, 9.17) is 4.74 Å². The number of fused-ring (bicyclic) bond motifs is 6. The highest BCUT2D eigenvalue weighted by Gasteiger charge is 2.38. The van der Waals surface area contributed by atoms with Gasteiger partial charge in [-0.1, -0.05) is 137 Å². The number of anilines is 6. The van der Waals surface area contributed by atoms with Crippen LogP contribution in [0.2, 0.25) is 0 Å². The average molecular weight is 855 g/mol. The molecule has 9 aromatic rings.